The number of amides is 1. The summed E-state index contributed by atoms with van der Waals surface area (Å²) in [6, 6.07) is 3.74. The summed E-state index contributed by atoms with van der Waals surface area (Å²) in [6.07, 6.45) is 0. The number of halogens is 2. The van der Waals surface area contributed by atoms with Crippen LogP contribution in [0.4, 0.5) is 0 Å². The average molecular weight is 333 g/mol. The lowest BCUT2D eigenvalue weighted by Crippen LogP contribution is -2.31. The van der Waals surface area contributed by atoms with Gasteiger partial charge in [0.2, 0.25) is 0 Å². The maximum atomic E-state index is 11.8. The molecule has 0 aliphatic heterocycles. The Hall–Kier alpha value is -0.970. The van der Waals surface area contributed by atoms with Crippen molar-refractivity contribution in [2.24, 2.45) is 0 Å². The van der Waals surface area contributed by atoms with E-state index in [1.54, 1.807) is 24.1 Å². The smallest absolute Gasteiger partial charge is 0.260 e. The molecule has 0 bridgehead atoms. The molecule has 1 rings (SSSR count). The Morgan fingerprint density at radius 3 is 2.62 bits per heavy atom. The van der Waals surface area contributed by atoms with Gasteiger partial charge in [-0.05, 0) is 19.1 Å². The van der Waals surface area contributed by atoms with Crippen LogP contribution in [-0.4, -0.2) is 37.0 Å². The topological polar surface area (TPSA) is 41.6 Å². The normalized spacial score (nSPS) is 10.8. The van der Waals surface area contributed by atoms with Crippen LogP contribution in [0, 0.1) is 0 Å². The van der Waals surface area contributed by atoms with Crippen molar-refractivity contribution in [2.45, 2.75) is 33.4 Å². The zero-order chi connectivity index (χ0) is 16.0. The van der Waals surface area contributed by atoms with Crippen LogP contribution in [0.25, 0.3) is 0 Å². The summed E-state index contributed by atoms with van der Waals surface area (Å²) in [6.45, 7) is 7.17. The third-order valence-electron chi connectivity index (χ3n) is 3.03. The molecule has 118 valence electrons. The molecule has 1 aromatic rings. The molecule has 0 saturated heterocycles. The molecule has 0 aromatic heterocycles. The van der Waals surface area contributed by atoms with Crippen LogP contribution in [0.3, 0.4) is 0 Å². The predicted octanol–water partition coefficient (Wildman–Crippen LogP) is 3.35. The Labute approximate surface area is 136 Å². The number of hydrogen-bond donors (Lipinski definition) is 1. The lowest BCUT2D eigenvalue weighted by Gasteiger charge is -2.18. The highest BCUT2D eigenvalue weighted by molar-refractivity contribution is 6.35. The van der Waals surface area contributed by atoms with Crippen molar-refractivity contribution in [1.82, 2.24) is 10.2 Å². The highest BCUT2D eigenvalue weighted by Crippen LogP contribution is 2.32. The SMILES string of the molecule is CCN(C)C(=O)COc1c(Cl)cc(Cl)cc1CNC(C)C. The Morgan fingerprint density at radius 2 is 2.05 bits per heavy atom. The number of benzene rings is 1. The summed E-state index contributed by atoms with van der Waals surface area (Å²) >= 11 is 12.2. The molecule has 1 amide bonds. The van der Waals surface area contributed by atoms with Gasteiger partial charge in [0.05, 0.1) is 5.02 Å². The number of nitrogens with one attached hydrogen (secondary N) is 1. The van der Waals surface area contributed by atoms with E-state index < -0.39 is 0 Å². The van der Waals surface area contributed by atoms with Crippen LogP contribution < -0.4 is 10.1 Å². The summed E-state index contributed by atoms with van der Waals surface area (Å²) in [4.78, 5) is 13.4. The van der Waals surface area contributed by atoms with Crippen molar-refractivity contribution in [3.63, 3.8) is 0 Å². The minimum atomic E-state index is -0.0914. The highest BCUT2D eigenvalue weighted by atomic mass is 35.5. The molecular weight excluding hydrogens is 311 g/mol. The molecule has 21 heavy (non-hydrogen) atoms. The van der Waals surface area contributed by atoms with Crippen molar-refractivity contribution in [3.05, 3.63) is 27.7 Å². The summed E-state index contributed by atoms with van der Waals surface area (Å²) in [5.74, 6) is 0.415. The van der Waals surface area contributed by atoms with Crippen LogP contribution >= 0.6 is 23.2 Å². The van der Waals surface area contributed by atoms with Gasteiger partial charge in [0.1, 0.15) is 5.75 Å². The number of carbonyl (C=O) groups excluding carboxylic acids is 1. The van der Waals surface area contributed by atoms with Crippen molar-refractivity contribution in [3.8, 4) is 5.75 Å². The van der Waals surface area contributed by atoms with E-state index in [9.17, 15) is 4.79 Å². The quantitative estimate of drug-likeness (QED) is 0.832. The number of carbonyl (C=O) groups is 1. The fraction of sp³-hybridized carbons (Fsp3) is 0.533. The second-order valence-corrected chi connectivity index (χ2v) is 5.95. The van der Waals surface area contributed by atoms with E-state index in [0.717, 1.165) is 5.56 Å². The van der Waals surface area contributed by atoms with Gasteiger partial charge in [0, 0.05) is 36.8 Å². The van der Waals surface area contributed by atoms with Gasteiger partial charge in [0.25, 0.3) is 5.91 Å². The first-order valence-electron chi connectivity index (χ1n) is 6.93. The van der Waals surface area contributed by atoms with Crippen molar-refractivity contribution < 1.29 is 9.53 Å². The Kier molecular flexibility index (Phi) is 7.29. The zero-order valence-corrected chi connectivity index (χ0v) is 14.4. The van der Waals surface area contributed by atoms with Gasteiger partial charge < -0.3 is 15.0 Å². The van der Waals surface area contributed by atoms with Crippen molar-refractivity contribution in [1.29, 1.82) is 0 Å². The second kappa shape index (κ2) is 8.47. The summed E-state index contributed by atoms with van der Waals surface area (Å²) in [5.41, 5.74) is 0.841. The third-order valence-corrected chi connectivity index (χ3v) is 3.53. The maximum absolute atomic E-state index is 11.8. The van der Waals surface area contributed by atoms with Gasteiger partial charge >= 0.3 is 0 Å². The van der Waals surface area contributed by atoms with Crippen molar-refractivity contribution >= 4 is 29.1 Å². The lowest BCUT2D eigenvalue weighted by molar-refractivity contribution is -0.131. The zero-order valence-electron chi connectivity index (χ0n) is 12.9. The van der Waals surface area contributed by atoms with Crippen LogP contribution in [0.5, 0.6) is 5.75 Å². The number of likely N-dealkylation sites (N-methyl/N-ethyl adjacent to an activating group) is 1. The first kappa shape index (κ1) is 18.1. The van der Waals surface area contributed by atoms with Crippen LogP contribution in [0.15, 0.2) is 12.1 Å². The van der Waals surface area contributed by atoms with E-state index in [0.29, 0.717) is 34.9 Å². The average Bonchev–Trinajstić information content (AvgIpc) is 2.42. The number of hydrogen-bond acceptors (Lipinski definition) is 3. The molecule has 0 aliphatic carbocycles. The molecule has 6 heteroatoms. The van der Waals surface area contributed by atoms with Crippen LogP contribution in [0.2, 0.25) is 10.0 Å². The molecule has 0 fully saturated rings. The predicted molar refractivity (Wildman–Crippen MR) is 87.2 cm³/mol. The van der Waals surface area contributed by atoms with E-state index in [1.165, 1.54) is 0 Å². The molecule has 1 N–H and O–H groups in total. The number of ether oxygens (including phenoxy) is 1. The Morgan fingerprint density at radius 1 is 1.38 bits per heavy atom. The van der Waals surface area contributed by atoms with Crippen molar-refractivity contribution in [2.75, 3.05) is 20.2 Å². The Balaban J connectivity index is 2.86. The van der Waals surface area contributed by atoms with Gasteiger partial charge in [-0.15, -0.1) is 0 Å². The molecule has 0 saturated carbocycles. The molecule has 0 spiro atoms. The van der Waals surface area contributed by atoms with Gasteiger partial charge in [0.15, 0.2) is 6.61 Å². The third kappa shape index (κ3) is 5.73. The molecular formula is C15H22Cl2N2O2. The van der Waals surface area contributed by atoms with E-state index in [-0.39, 0.29) is 12.5 Å². The minimum absolute atomic E-state index is 0.0413. The van der Waals surface area contributed by atoms with Gasteiger partial charge in [-0.25, -0.2) is 0 Å². The number of rotatable bonds is 7. The maximum Gasteiger partial charge on any atom is 0.260 e. The minimum Gasteiger partial charge on any atom is -0.482 e. The van der Waals surface area contributed by atoms with Gasteiger partial charge in [-0.1, -0.05) is 37.0 Å². The van der Waals surface area contributed by atoms with Crippen LogP contribution in [-0.2, 0) is 11.3 Å². The summed E-state index contributed by atoms with van der Waals surface area (Å²) in [5, 5.41) is 4.24. The highest BCUT2D eigenvalue weighted by Gasteiger charge is 2.14. The first-order chi connectivity index (χ1) is 9.85. The molecule has 4 nitrogen and oxygen atoms in total. The van der Waals surface area contributed by atoms with Gasteiger partial charge in [-0.3, -0.25) is 4.79 Å². The largest absolute Gasteiger partial charge is 0.482 e. The first-order valence-corrected chi connectivity index (χ1v) is 7.68. The molecule has 0 atom stereocenters. The van der Waals surface area contributed by atoms with E-state index in [2.05, 4.69) is 5.32 Å². The summed E-state index contributed by atoms with van der Waals surface area (Å²) in [7, 11) is 1.73. The fourth-order valence-corrected chi connectivity index (χ4v) is 2.23. The monoisotopic (exact) mass is 332 g/mol. The molecule has 1 aromatic carbocycles. The summed E-state index contributed by atoms with van der Waals surface area (Å²) < 4.78 is 5.62. The molecule has 0 radical (unpaired) electrons. The standard InChI is InChI=1S/C15H22Cl2N2O2/c1-5-19(4)14(20)9-21-15-11(8-18-10(2)3)6-12(16)7-13(15)17/h6-7,10,18H,5,8-9H2,1-4H3. The Bertz CT molecular complexity index is 493. The molecule has 0 unspecified atom stereocenters. The molecule has 0 heterocycles. The van der Waals surface area contributed by atoms with E-state index in [1.807, 2.05) is 20.8 Å². The fourth-order valence-electron chi connectivity index (χ4n) is 1.64. The van der Waals surface area contributed by atoms with Crippen LogP contribution in [0.1, 0.15) is 26.3 Å². The molecule has 0 aliphatic rings. The lowest BCUT2D eigenvalue weighted by atomic mass is 10.2. The van der Waals surface area contributed by atoms with E-state index >= 15 is 0 Å². The van der Waals surface area contributed by atoms with E-state index in [4.69, 9.17) is 27.9 Å². The van der Waals surface area contributed by atoms with Gasteiger partial charge in [-0.2, -0.15) is 0 Å². The number of nitrogens with zero attached hydrogens (tertiary/aromatic N) is 1. The second-order valence-electron chi connectivity index (χ2n) is 5.11.